The van der Waals surface area contributed by atoms with Crippen LogP contribution in [-0.4, -0.2) is 30.8 Å². The van der Waals surface area contributed by atoms with Crippen LogP contribution in [0, 0.1) is 37.0 Å². The van der Waals surface area contributed by atoms with E-state index in [2.05, 4.69) is 5.32 Å². The van der Waals surface area contributed by atoms with Crippen LogP contribution in [0.4, 0.5) is 4.79 Å². The third-order valence-corrected chi connectivity index (χ3v) is 3.23. The molecular weight excluding hydrogens is 270 g/mol. The van der Waals surface area contributed by atoms with Crippen molar-refractivity contribution in [1.29, 1.82) is 0 Å². The first-order chi connectivity index (χ1) is 9.58. The topological polar surface area (TPSA) is 64.6 Å². The summed E-state index contributed by atoms with van der Waals surface area (Å²) in [6.07, 6.45) is 6.95. The maximum Gasteiger partial charge on any atom is 0.408 e. The molecule has 5 nitrogen and oxygen atoms in total. The number of amides is 1. The molecule has 0 spiro atoms. The number of hydrogen-bond acceptors (Lipinski definition) is 4. The fourth-order valence-electron chi connectivity index (χ4n) is 2.05. The lowest BCUT2D eigenvalue weighted by Crippen LogP contribution is -2.53. The molecule has 21 heavy (non-hydrogen) atoms. The molecular formula is C16H24NO4. The smallest absolute Gasteiger partial charge is 0.408 e. The second-order valence-corrected chi connectivity index (χ2v) is 6.50. The Morgan fingerprint density at radius 1 is 1.10 bits per heavy atom. The average Bonchev–Trinajstić information content (AvgIpc) is 2.87. The van der Waals surface area contributed by atoms with E-state index in [-0.39, 0.29) is 0 Å². The second-order valence-electron chi connectivity index (χ2n) is 6.50. The van der Waals surface area contributed by atoms with Gasteiger partial charge in [0.2, 0.25) is 0 Å². The normalized spacial score (nSPS) is 18.2. The van der Waals surface area contributed by atoms with E-state index in [9.17, 15) is 9.59 Å². The van der Waals surface area contributed by atoms with E-state index >= 15 is 0 Å². The largest absolute Gasteiger partial charge is 0.467 e. The Hall–Kier alpha value is -1.26. The lowest BCUT2D eigenvalue weighted by molar-refractivity contribution is -0.145. The van der Waals surface area contributed by atoms with Crippen LogP contribution in [0.25, 0.3) is 0 Å². The number of esters is 1. The van der Waals surface area contributed by atoms with Crippen molar-refractivity contribution in [1.82, 2.24) is 5.32 Å². The van der Waals surface area contributed by atoms with Crippen LogP contribution >= 0.6 is 0 Å². The molecule has 0 aromatic rings. The Balaban J connectivity index is 2.85. The van der Waals surface area contributed by atoms with E-state index in [1.165, 1.54) is 7.11 Å². The standard InChI is InChI=1S/C16H24NO4/c1-15(2,3)21-14(19)17-12(13(18)20-6)16(4,5)11-9-7-8-10-11/h7-10,12H,1-6H3,(H,17,19)/t12-/m0/s1. The lowest BCUT2D eigenvalue weighted by Gasteiger charge is -2.37. The van der Waals surface area contributed by atoms with Gasteiger partial charge < -0.3 is 14.8 Å². The molecule has 1 saturated carbocycles. The summed E-state index contributed by atoms with van der Waals surface area (Å²) >= 11 is 0. The zero-order valence-electron chi connectivity index (χ0n) is 13.5. The molecule has 1 aliphatic carbocycles. The molecule has 1 aliphatic rings. The predicted octanol–water partition coefficient (Wildman–Crippen LogP) is 2.48. The van der Waals surface area contributed by atoms with Crippen LogP contribution < -0.4 is 5.32 Å². The first kappa shape index (κ1) is 17.8. The van der Waals surface area contributed by atoms with Gasteiger partial charge in [0.15, 0.2) is 0 Å². The van der Waals surface area contributed by atoms with Crippen LogP contribution in [0.2, 0.25) is 0 Å². The second kappa shape index (κ2) is 6.67. The molecule has 1 amide bonds. The van der Waals surface area contributed by atoms with Crippen molar-refractivity contribution in [2.45, 2.75) is 46.3 Å². The van der Waals surface area contributed by atoms with Gasteiger partial charge in [0.1, 0.15) is 11.6 Å². The van der Waals surface area contributed by atoms with Crippen LogP contribution in [0.15, 0.2) is 0 Å². The van der Waals surface area contributed by atoms with Gasteiger partial charge in [-0.05, 0) is 52.4 Å². The third-order valence-electron chi connectivity index (χ3n) is 3.23. The molecule has 1 rings (SSSR count). The SMILES string of the molecule is COC(=O)[C@H](NC(=O)OC(C)(C)C)C(C)(C)[C]1[CH][CH][CH][CH]1. The van der Waals surface area contributed by atoms with Gasteiger partial charge in [-0.2, -0.15) is 0 Å². The molecule has 0 bridgehead atoms. The van der Waals surface area contributed by atoms with Crippen LogP contribution in [0.5, 0.6) is 0 Å². The molecule has 1 fully saturated rings. The van der Waals surface area contributed by atoms with E-state index in [1.807, 2.05) is 39.5 Å². The van der Waals surface area contributed by atoms with Crippen molar-refractivity contribution >= 4 is 12.1 Å². The van der Waals surface area contributed by atoms with E-state index in [1.54, 1.807) is 20.8 Å². The number of nitrogens with one attached hydrogen (secondary N) is 1. The summed E-state index contributed by atoms with van der Waals surface area (Å²) in [5.74, 6) is 0.431. The van der Waals surface area contributed by atoms with Crippen molar-refractivity contribution in [2.24, 2.45) is 5.41 Å². The number of alkyl carbamates (subject to hydrolysis) is 1. The van der Waals surface area contributed by atoms with Crippen molar-refractivity contribution in [3.63, 3.8) is 0 Å². The van der Waals surface area contributed by atoms with Gasteiger partial charge in [0, 0.05) is 5.41 Å². The fourth-order valence-corrected chi connectivity index (χ4v) is 2.05. The summed E-state index contributed by atoms with van der Waals surface area (Å²) in [5.41, 5.74) is -1.25. The zero-order chi connectivity index (χ0) is 16.3. The molecule has 1 atom stereocenters. The van der Waals surface area contributed by atoms with Crippen LogP contribution in [-0.2, 0) is 14.3 Å². The van der Waals surface area contributed by atoms with Crippen molar-refractivity contribution in [2.75, 3.05) is 7.11 Å². The highest BCUT2D eigenvalue weighted by molar-refractivity contribution is 5.83. The molecule has 0 aliphatic heterocycles. The van der Waals surface area contributed by atoms with E-state index < -0.39 is 29.1 Å². The van der Waals surface area contributed by atoms with Gasteiger partial charge in [-0.15, -0.1) is 0 Å². The molecule has 0 aromatic heterocycles. The van der Waals surface area contributed by atoms with Gasteiger partial charge in [0.25, 0.3) is 0 Å². The highest BCUT2D eigenvalue weighted by atomic mass is 16.6. The lowest BCUT2D eigenvalue weighted by atomic mass is 9.72. The van der Waals surface area contributed by atoms with E-state index in [0.717, 1.165) is 5.92 Å². The van der Waals surface area contributed by atoms with E-state index in [0.29, 0.717) is 0 Å². The monoisotopic (exact) mass is 294 g/mol. The Morgan fingerprint density at radius 3 is 2.05 bits per heavy atom. The van der Waals surface area contributed by atoms with Gasteiger partial charge in [0.05, 0.1) is 7.11 Å². The van der Waals surface area contributed by atoms with Gasteiger partial charge >= 0.3 is 12.1 Å². The first-order valence-electron chi connectivity index (χ1n) is 6.87. The number of ether oxygens (including phenoxy) is 2. The summed E-state index contributed by atoms with van der Waals surface area (Å²) in [6.45, 7) is 9.05. The predicted molar refractivity (Wildman–Crippen MR) is 79.4 cm³/mol. The fraction of sp³-hybridized carbons (Fsp3) is 0.562. The minimum Gasteiger partial charge on any atom is -0.467 e. The van der Waals surface area contributed by atoms with Crippen molar-refractivity contribution in [3.05, 3.63) is 31.6 Å². The van der Waals surface area contributed by atoms with Crippen molar-refractivity contribution < 1.29 is 19.1 Å². The maximum absolute atomic E-state index is 12.1. The first-order valence-corrected chi connectivity index (χ1v) is 6.87. The van der Waals surface area contributed by atoms with Crippen LogP contribution in [0.1, 0.15) is 34.6 Å². The average molecular weight is 294 g/mol. The summed E-state index contributed by atoms with van der Waals surface area (Å²) in [7, 11) is 1.30. The molecule has 5 heteroatoms. The number of rotatable bonds is 4. The molecule has 0 unspecified atom stereocenters. The third kappa shape index (κ3) is 4.90. The quantitative estimate of drug-likeness (QED) is 0.809. The Kier molecular flexibility index (Phi) is 5.65. The summed E-state index contributed by atoms with van der Waals surface area (Å²) in [4.78, 5) is 24.0. The van der Waals surface area contributed by atoms with Gasteiger partial charge in [-0.1, -0.05) is 13.8 Å². The molecule has 0 aromatic carbocycles. The number of methoxy groups -OCH3 is 1. The van der Waals surface area contributed by atoms with Crippen LogP contribution in [0.3, 0.4) is 0 Å². The number of carbonyl (C=O) groups is 2. The molecule has 5 radical (unpaired) electrons. The minimum atomic E-state index is -0.834. The van der Waals surface area contributed by atoms with Gasteiger partial charge in [-0.25, -0.2) is 9.59 Å². The summed E-state index contributed by atoms with van der Waals surface area (Å²) < 4.78 is 10.0. The molecule has 0 heterocycles. The maximum atomic E-state index is 12.1. The highest BCUT2D eigenvalue weighted by Gasteiger charge is 2.45. The molecule has 0 saturated heterocycles. The van der Waals surface area contributed by atoms with Crippen molar-refractivity contribution in [3.8, 4) is 0 Å². The number of carbonyl (C=O) groups excluding carboxylic acids is 2. The summed E-state index contributed by atoms with van der Waals surface area (Å²) in [5, 5.41) is 2.62. The van der Waals surface area contributed by atoms with Gasteiger partial charge in [-0.3, -0.25) is 0 Å². The summed E-state index contributed by atoms with van der Waals surface area (Å²) in [6, 6.07) is -0.834. The van der Waals surface area contributed by atoms with E-state index in [4.69, 9.17) is 9.47 Å². The minimum absolute atomic E-state index is 0.507. The molecule has 117 valence electrons. The molecule has 1 N–H and O–H groups in total. The number of hydrogen-bond donors (Lipinski definition) is 1. The zero-order valence-corrected chi connectivity index (χ0v) is 13.5. The Labute approximate surface area is 127 Å². The Bertz CT molecular complexity index is 378. The highest BCUT2D eigenvalue weighted by Crippen LogP contribution is 2.42. The Morgan fingerprint density at radius 2 is 1.62 bits per heavy atom.